The highest BCUT2D eigenvalue weighted by atomic mass is 16.5. The van der Waals surface area contributed by atoms with Crippen molar-refractivity contribution < 1.29 is 9.84 Å². The fourth-order valence-corrected chi connectivity index (χ4v) is 3.85. The number of aliphatic hydroxyl groups excluding tert-OH is 1. The number of piperidine rings is 1. The first-order valence-electron chi connectivity index (χ1n) is 8.99. The predicted molar refractivity (Wildman–Crippen MR) is 95.4 cm³/mol. The zero-order valence-corrected chi connectivity index (χ0v) is 14.6. The van der Waals surface area contributed by atoms with Crippen LogP contribution >= 0.6 is 0 Å². The Labute approximate surface area is 143 Å². The minimum absolute atomic E-state index is 0.0220. The van der Waals surface area contributed by atoms with Crippen LogP contribution in [0, 0.1) is 5.41 Å². The second kappa shape index (κ2) is 7.53. The largest absolute Gasteiger partial charge is 0.396 e. The molecule has 3 heterocycles. The fraction of sp³-hybridized carbons (Fsp3) is 0.765. The molecule has 0 spiro atoms. The maximum absolute atomic E-state index is 9.94. The lowest BCUT2D eigenvalue weighted by Crippen LogP contribution is -2.46. The SMILES string of the molecule is CCC[C@@]1(CO)CCCN(c2cc(N)nc(N3CCOCC3)n2)C1. The van der Waals surface area contributed by atoms with E-state index < -0.39 is 0 Å². The van der Waals surface area contributed by atoms with Gasteiger partial charge in [-0.15, -0.1) is 0 Å². The van der Waals surface area contributed by atoms with Gasteiger partial charge in [0.15, 0.2) is 0 Å². The van der Waals surface area contributed by atoms with Crippen molar-refractivity contribution in [2.24, 2.45) is 5.41 Å². The number of nitrogens with two attached hydrogens (primary N) is 1. The summed E-state index contributed by atoms with van der Waals surface area (Å²) in [4.78, 5) is 13.6. The molecule has 1 atom stereocenters. The van der Waals surface area contributed by atoms with E-state index in [0.717, 1.165) is 57.7 Å². The number of rotatable bonds is 5. The van der Waals surface area contributed by atoms with Crippen LogP contribution in [0.3, 0.4) is 0 Å². The molecular formula is C17H29N5O2. The van der Waals surface area contributed by atoms with Crippen molar-refractivity contribution in [2.75, 3.05) is 61.5 Å². The molecule has 0 amide bonds. The fourth-order valence-electron chi connectivity index (χ4n) is 3.85. The molecule has 0 bridgehead atoms. The molecule has 2 saturated heterocycles. The Balaban J connectivity index is 1.81. The number of hydrogen-bond donors (Lipinski definition) is 2. The summed E-state index contributed by atoms with van der Waals surface area (Å²) >= 11 is 0. The Morgan fingerprint density at radius 1 is 1.25 bits per heavy atom. The lowest BCUT2D eigenvalue weighted by Gasteiger charge is -2.42. The normalized spacial score (nSPS) is 25.1. The summed E-state index contributed by atoms with van der Waals surface area (Å²) in [5.74, 6) is 2.05. The van der Waals surface area contributed by atoms with Crippen LogP contribution in [0.1, 0.15) is 32.6 Å². The van der Waals surface area contributed by atoms with Gasteiger partial charge < -0.3 is 25.4 Å². The summed E-state index contributed by atoms with van der Waals surface area (Å²) < 4.78 is 5.40. The van der Waals surface area contributed by atoms with Crippen molar-refractivity contribution >= 4 is 17.6 Å². The van der Waals surface area contributed by atoms with Crippen LogP contribution in [0.15, 0.2) is 6.07 Å². The van der Waals surface area contributed by atoms with Gasteiger partial charge in [-0.2, -0.15) is 9.97 Å². The molecule has 7 nitrogen and oxygen atoms in total. The summed E-state index contributed by atoms with van der Waals surface area (Å²) in [5.41, 5.74) is 6.02. The van der Waals surface area contributed by atoms with Gasteiger partial charge in [0.05, 0.1) is 19.8 Å². The topological polar surface area (TPSA) is 87.7 Å². The van der Waals surface area contributed by atoms with E-state index in [1.165, 1.54) is 0 Å². The first-order chi connectivity index (χ1) is 11.7. The van der Waals surface area contributed by atoms with Gasteiger partial charge in [0, 0.05) is 37.7 Å². The van der Waals surface area contributed by atoms with Gasteiger partial charge >= 0.3 is 0 Å². The molecular weight excluding hydrogens is 306 g/mol. The number of nitrogens with zero attached hydrogens (tertiary/aromatic N) is 4. The van der Waals surface area contributed by atoms with Gasteiger partial charge in [-0.25, -0.2) is 0 Å². The molecule has 0 aromatic carbocycles. The molecule has 24 heavy (non-hydrogen) atoms. The number of ether oxygens (including phenoxy) is 1. The number of hydrogen-bond acceptors (Lipinski definition) is 7. The van der Waals surface area contributed by atoms with Gasteiger partial charge in [0.25, 0.3) is 0 Å². The van der Waals surface area contributed by atoms with Crippen LogP contribution in [-0.2, 0) is 4.74 Å². The van der Waals surface area contributed by atoms with Crippen molar-refractivity contribution in [3.8, 4) is 0 Å². The van der Waals surface area contributed by atoms with Crippen LogP contribution in [0.2, 0.25) is 0 Å². The molecule has 3 rings (SSSR count). The molecule has 2 fully saturated rings. The molecule has 2 aliphatic heterocycles. The van der Waals surface area contributed by atoms with Crippen molar-refractivity contribution in [1.29, 1.82) is 0 Å². The summed E-state index contributed by atoms with van der Waals surface area (Å²) in [6.07, 6.45) is 4.26. The zero-order valence-electron chi connectivity index (χ0n) is 14.6. The summed E-state index contributed by atoms with van der Waals surface area (Å²) in [7, 11) is 0. The molecule has 0 saturated carbocycles. The summed E-state index contributed by atoms with van der Waals surface area (Å²) in [5, 5.41) is 9.94. The van der Waals surface area contributed by atoms with E-state index in [9.17, 15) is 5.11 Å². The molecule has 1 aromatic rings. The average Bonchev–Trinajstić information content (AvgIpc) is 2.62. The highest BCUT2D eigenvalue weighted by Gasteiger charge is 2.35. The van der Waals surface area contributed by atoms with Crippen molar-refractivity contribution in [3.05, 3.63) is 6.07 Å². The number of aromatic nitrogens is 2. The highest BCUT2D eigenvalue weighted by Crippen LogP contribution is 2.36. The molecule has 0 unspecified atom stereocenters. The third kappa shape index (κ3) is 3.72. The standard InChI is InChI=1S/C17H29N5O2/c1-2-4-17(13-23)5-3-6-22(12-17)15-11-14(18)19-16(20-15)21-7-9-24-10-8-21/h11,23H,2-10,12-13H2,1H3,(H2,18,19,20)/t17-/m1/s1. The van der Waals surface area contributed by atoms with Gasteiger partial charge in [-0.3, -0.25) is 0 Å². The third-order valence-corrected chi connectivity index (χ3v) is 5.12. The maximum atomic E-state index is 9.94. The number of aliphatic hydroxyl groups is 1. The summed E-state index contributed by atoms with van der Waals surface area (Å²) in [6, 6.07) is 1.85. The van der Waals surface area contributed by atoms with Crippen LogP contribution < -0.4 is 15.5 Å². The van der Waals surface area contributed by atoms with Crippen LogP contribution in [0.5, 0.6) is 0 Å². The van der Waals surface area contributed by atoms with Gasteiger partial charge in [0.1, 0.15) is 11.6 Å². The molecule has 0 aliphatic carbocycles. The minimum atomic E-state index is -0.0220. The first kappa shape index (κ1) is 17.2. The van der Waals surface area contributed by atoms with Gasteiger partial charge in [-0.05, 0) is 19.3 Å². The summed E-state index contributed by atoms with van der Waals surface area (Å²) in [6.45, 7) is 7.16. The molecule has 134 valence electrons. The molecule has 1 aromatic heterocycles. The highest BCUT2D eigenvalue weighted by molar-refractivity contribution is 5.53. The maximum Gasteiger partial charge on any atom is 0.229 e. The lowest BCUT2D eigenvalue weighted by atomic mass is 9.77. The molecule has 7 heteroatoms. The predicted octanol–water partition coefficient (Wildman–Crippen LogP) is 1.27. The Kier molecular flexibility index (Phi) is 5.40. The van der Waals surface area contributed by atoms with E-state index in [1.54, 1.807) is 0 Å². The number of morpholine rings is 1. The molecule has 0 radical (unpaired) electrons. The second-order valence-corrected chi connectivity index (χ2v) is 6.98. The number of anilines is 3. The van der Waals surface area contributed by atoms with E-state index in [0.29, 0.717) is 25.0 Å². The van der Waals surface area contributed by atoms with Crippen LogP contribution in [-0.4, -0.2) is 61.1 Å². The molecule has 3 N–H and O–H groups in total. The lowest BCUT2D eigenvalue weighted by molar-refractivity contribution is 0.0952. The Morgan fingerprint density at radius 3 is 2.75 bits per heavy atom. The van der Waals surface area contributed by atoms with Crippen LogP contribution in [0.25, 0.3) is 0 Å². The van der Waals surface area contributed by atoms with E-state index >= 15 is 0 Å². The Hall–Kier alpha value is -1.60. The minimum Gasteiger partial charge on any atom is -0.396 e. The smallest absolute Gasteiger partial charge is 0.229 e. The van der Waals surface area contributed by atoms with E-state index in [-0.39, 0.29) is 12.0 Å². The average molecular weight is 335 g/mol. The second-order valence-electron chi connectivity index (χ2n) is 6.98. The van der Waals surface area contributed by atoms with Crippen molar-refractivity contribution in [2.45, 2.75) is 32.6 Å². The van der Waals surface area contributed by atoms with Gasteiger partial charge in [0.2, 0.25) is 5.95 Å². The molecule has 2 aliphatic rings. The Bertz CT molecular complexity index is 546. The first-order valence-corrected chi connectivity index (χ1v) is 8.99. The van der Waals surface area contributed by atoms with Crippen molar-refractivity contribution in [3.63, 3.8) is 0 Å². The quantitative estimate of drug-likeness (QED) is 0.838. The third-order valence-electron chi connectivity index (χ3n) is 5.12. The zero-order chi connectivity index (χ0) is 17.0. The van der Waals surface area contributed by atoms with Gasteiger partial charge in [-0.1, -0.05) is 13.3 Å². The monoisotopic (exact) mass is 335 g/mol. The van der Waals surface area contributed by atoms with E-state index in [4.69, 9.17) is 15.5 Å². The number of nitrogen functional groups attached to an aromatic ring is 1. The van der Waals surface area contributed by atoms with Crippen LogP contribution in [0.4, 0.5) is 17.6 Å². The van der Waals surface area contributed by atoms with E-state index in [2.05, 4.69) is 21.7 Å². The Morgan fingerprint density at radius 2 is 2.04 bits per heavy atom. The van der Waals surface area contributed by atoms with E-state index in [1.807, 2.05) is 6.07 Å². The van der Waals surface area contributed by atoms with Crippen molar-refractivity contribution in [1.82, 2.24) is 9.97 Å².